The van der Waals surface area contributed by atoms with E-state index in [9.17, 15) is 5.11 Å². The molecule has 2 aliphatic heterocycles. The first-order valence-electron chi connectivity index (χ1n) is 7.20. The Bertz CT molecular complexity index is 442. The van der Waals surface area contributed by atoms with Gasteiger partial charge in [-0.15, -0.1) is 0 Å². The lowest BCUT2D eigenvalue weighted by Crippen LogP contribution is -2.48. The molecule has 0 radical (unpaired) electrons. The van der Waals surface area contributed by atoms with Gasteiger partial charge in [-0.05, 0) is 25.1 Å². The molecule has 1 unspecified atom stereocenters. The minimum atomic E-state index is 0.284. The van der Waals surface area contributed by atoms with Crippen LogP contribution in [0, 0.1) is 0 Å². The molecule has 4 heteroatoms. The molecule has 0 amide bonds. The Kier molecular flexibility index (Phi) is 3.62. The Morgan fingerprint density at radius 2 is 2.05 bits per heavy atom. The molecule has 1 atom stereocenters. The van der Waals surface area contributed by atoms with Crippen molar-refractivity contribution in [1.82, 2.24) is 9.80 Å². The van der Waals surface area contributed by atoms with Crippen molar-refractivity contribution >= 4 is 0 Å². The summed E-state index contributed by atoms with van der Waals surface area (Å²) in [5, 5.41) is 9.49. The average molecular weight is 262 g/mol. The fourth-order valence-corrected chi connectivity index (χ4v) is 3.10. The van der Waals surface area contributed by atoms with E-state index in [1.165, 1.54) is 18.5 Å². The Morgan fingerprint density at radius 3 is 2.79 bits per heavy atom. The monoisotopic (exact) mass is 262 g/mol. The number of hydrogen-bond acceptors (Lipinski definition) is 4. The van der Waals surface area contributed by atoms with E-state index in [0.717, 1.165) is 31.9 Å². The van der Waals surface area contributed by atoms with E-state index in [1.807, 2.05) is 6.07 Å². The molecule has 0 spiro atoms. The minimum Gasteiger partial charge on any atom is -0.508 e. The molecule has 0 aromatic heterocycles. The summed E-state index contributed by atoms with van der Waals surface area (Å²) in [7, 11) is 0. The topological polar surface area (TPSA) is 35.9 Å². The third-order valence-electron chi connectivity index (χ3n) is 4.14. The summed E-state index contributed by atoms with van der Waals surface area (Å²) >= 11 is 0. The summed E-state index contributed by atoms with van der Waals surface area (Å²) in [6.45, 7) is 8.67. The van der Waals surface area contributed by atoms with Gasteiger partial charge in [-0.25, -0.2) is 0 Å². The van der Waals surface area contributed by atoms with Crippen LogP contribution in [0.25, 0.3) is 0 Å². The van der Waals surface area contributed by atoms with Crippen LogP contribution in [0.1, 0.15) is 24.9 Å². The van der Waals surface area contributed by atoms with Gasteiger partial charge in [-0.1, -0.05) is 6.92 Å². The first kappa shape index (κ1) is 12.8. The van der Waals surface area contributed by atoms with Gasteiger partial charge in [0.05, 0.1) is 6.04 Å². The fourth-order valence-electron chi connectivity index (χ4n) is 3.10. The zero-order chi connectivity index (χ0) is 13.2. The number of aromatic hydroxyl groups is 1. The van der Waals surface area contributed by atoms with Crippen LogP contribution in [0.3, 0.4) is 0 Å². The van der Waals surface area contributed by atoms with Gasteiger partial charge in [0.25, 0.3) is 0 Å². The van der Waals surface area contributed by atoms with Gasteiger partial charge >= 0.3 is 0 Å². The molecule has 19 heavy (non-hydrogen) atoms. The van der Waals surface area contributed by atoms with Crippen molar-refractivity contribution in [2.45, 2.75) is 19.4 Å². The second-order valence-corrected chi connectivity index (χ2v) is 5.43. The Morgan fingerprint density at radius 1 is 1.26 bits per heavy atom. The van der Waals surface area contributed by atoms with Gasteiger partial charge in [0, 0.05) is 37.8 Å². The molecule has 1 saturated heterocycles. The lowest BCUT2D eigenvalue weighted by molar-refractivity contribution is 0.0849. The highest BCUT2D eigenvalue weighted by Gasteiger charge is 2.31. The summed E-state index contributed by atoms with van der Waals surface area (Å²) < 4.78 is 5.70. The lowest BCUT2D eigenvalue weighted by Gasteiger charge is -2.37. The molecule has 0 bridgehead atoms. The maximum absolute atomic E-state index is 9.49. The summed E-state index contributed by atoms with van der Waals surface area (Å²) in [5.41, 5.74) is 1.22. The van der Waals surface area contributed by atoms with Crippen LogP contribution in [0.15, 0.2) is 18.2 Å². The summed E-state index contributed by atoms with van der Waals surface area (Å²) in [4.78, 5) is 5.04. The highest BCUT2D eigenvalue weighted by molar-refractivity contribution is 5.44. The Balaban J connectivity index is 1.66. The van der Waals surface area contributed by atoms with Gasteiger partial charge in [0.15, 0.2) is 0 Å². The quantitative estimate of drug-likeness (QED) is 0.902. The highest BCUT2D eigenvalue weighted by Crippen LogP contribution is 2.38. The summed E-state index contributed by atoms with van der Waals surface area (Å²) in [6.07, 6.45) is 1.23. The summed E-state index contributed by atoms with van der Waals surface area (Å²) in [6, 6.07) is 5.84. The maximum atomic E-state index is 9.49. The van der Waals surface area contributed by atoms with Gasteiger partial charge in [0.1, 0.15) is 18.1 Å². The second kappa shape index (κ2) is 5.39. The number of nitrogens with zero attached hydrogens (tertiary/aromatic N) is 2. The van der Waals surface area contributed by atoms with Crippen LogP contribution in [0.5, 0.6) is 11.5 Å². The van der Waals surface area contributed by atoms with Crippen LogP contribution >= 0.6 is 0 Å². The van der Waals surface area contributed by atoms with Crippen molar-refractivity contribution in [2.75, 3.05) is 39.3 Å². The predicted molar refractivity (Wildman–Crippen MR) is 74.6 cm³/mol. The highest BCUT2D eigenvalue weighted by atomic mass is 16.5. The molecule has 4 nitrogen and oxygen atoms in total. The van der Waals surface area contributed by atoms with Crippen molar-refractivity contribution in [3.05, 3.63) is 23.8 Å². The largest absolute Gasteiger partial charge is 0.508 e. The van der Waals surface area contributed by atoms with Crippen LogP contribution in [-0.2, 0) is 0 Å². The molecule has 2 aliphatic rings. The van der Waals surface area contributed by atoms with E-state index < -0.39 is 0 Å². The van der Waals surface area contributed by atoms with Crippen LogP contribution in [0.4, 0.5) is 0 Å². The van der Waals surface area contributed by atoms with Crippen LogP contribution < -0.4 is 4.74 Å². The molecule has 0 aliphatic carbocycles. The van der Waals surface area contributed by atoms with Crippen molar-refractivity contribution in [3.8, 4) is 11.5 Å². The predicted octanol–water partition coefficient (Wildman–Crippen LogP) is 1.85. The second-order valence-electron chi connectivity index (χ2n) is 5.43. The molecule has 1 N–H and O–H groups in total. The standard InChI is InChI=1S/C15H22N2O2/c1-2-5-16-6-8-17(9-7-16)14-11-19-15-10-12(18)3-4-13(14)15/h3-4,10,14,18H,2,5-9,11H2,1H3. The molecular weight excluding hydrogens is 240 g/mol. The lowest BCUT2D eigenvalue weighted by atomic mass is 10.1. The number of rotatable bonds is 3. The van der Waals surface area contributed by atoms with Crippen molar-refractivity contribution in [1.29, 1.82) is 0 Å². The van der Waals surface area contributed by atoms with Gasteiger partial charge in [-0.3, -0.25) is 4.90 Å². The molecule has 0 saturated carbocycles. The van der Waals surface area contributed by atoms with E-state index in [1.54, 1.807) is 12.1 Å². The van der Waals surface area contributed by atoms with E-state index in [2.05, 4.69) is 16.7 Å². The SMILES string of the molecule is CCCN1CCN(C2COc3cc(O)ccc32)CC1. The van der Waals surface area contributed by atoms with Crippen molar-refractivity contribution in [2.24, 2.45) is 0 Å². The minimum absolute atomic E-state index is 0.284. The zero-order valence-electron chi connectivity index (χ0n) is 11.5. The molecule has 2 heterocycles. The Hall–Kier alpha value is -1.26. The number of hydrogen-bond donors (Lipinski definition) is 1. The van der Waals surface area contributed by atoms with E-state index in [4.69, 9.17) is 4.74 Å². The van der Waals surface area contributed by atoms with Crippen molar-refractivity contribution in [3.63, 3.8) is 0 Å². The van der Waals surface area contributed by atoms with Gasteiger partial charge < -0.3 is 14.7 Å². The number of phenolic OH excluding ortho intramolecular Hbond substituents is 1. The molecular formula is C15H22N2O2. The first-order chi connectivity index (χ1) is 9.28. The number of benzene rings is 1. The fraction of sp³-hybridized carbons (Fsp3) is 0.600. The number of ether oxygens (including phenoxy) is 1. The van der Waals surface area contributed by atoms with E-state index in [0.29, 0.717) is 12.6 Å². The van der Waals surface area contributed by atoms with Crippen LogP contribution in [0.2, 0.25) is 0 Å². The Labute approximate surface area is 114 Å². The molecule has 1 fully saturated rings. The van der Waals surface area contributed by atoms with Crippen molar-refractivity contribution < 1.29 is 9.84 Å². The van der Waals surface area contributed by atoms with Crippen LogP contribution in [-0.4, -0.2) is 54.2 Å². The summed E-state index contributed by atoms with van der Waals surface area (Å²) in [5.74, 6) is 1.13. The normalized spacial score (nSPS) is 24.2. The third kappa shape index (κ3) is 2.55. The van der Waals surface area contributed by atoms with E-state index >= 15 is 0 Å². The van der Waals surface area contributed by atoms with Gasteiger partial charge in [-0.2, -0.15) is 0 Å². The van der Waals surface area contributed by atoms with Gasteiger partial charge in [0.2, 0.25) is 0 Å². The average Bonchev–Trinajstić information content (AvgIpc) is 2.83. The number of piperazine rings is 1. The smallest absolute Gasteiger partial charge is 0.127 e. The third-order valence-corrected chi connectivity index (χ3v) is 4.14. The molecule has 1 aromatic carbocycles. The first-order valence-corrected chi connectivity index (χ1v) is 7.20. The van der Waals surface area contributed by atoms with E-state index in [-0.39, 0.29) is 5.75 Å². The molecule has 3 rings (SSSR count). The number of fused-ring (bicyclic) bond motifs is 1. The molecule has 1 aromatic rings. The maximum Gasteiger partial charge on any atom is 0.127 e. The number of phenols is 1. The zero-order valence-corrected chi connectivity index (χ0v) is 11.5. The molecule has 104 valence electrons.